The van der Waals surface area contributed by atoms with Crippen LogP contribution in [0, 0.1) is 15.5 Å². The normalized spacial score (nSPS) is 17.8. The van der Waals surface area contributed by atoms with Crippen molar-refractivity contribution in [2.75, 3.05) is 44.2 Å². The van der Waals surface area contributed by atoms with E-state index in [9.17, 15) is 23.3 Å². The van der Waals surface area contributed by atoms with E-state index in [1.54, 1.807) is 30.5 Å². The van der Waals surface area contributed by atoms with Crippen LogP contribution in [0.1, 0.15) is 66.1 Å². The zero-order valence-electron chi connectivity index (χ0n) is 35.0. The molecule has 63 heavy (non-hydrogen) atoms. The maximum Gasteiger partial charge on any atom is 0.277 e. The molecule has 1 aliphatic carbocycles. The molecule has 15 heteroatoms. The number of hydrogen-bond donors (Lipinski definition) is 2. The average Bonchev–Trinajstić information content (AvgIpc) is 3.75. The van der Waals surface area contributed by atoms with Gasteiger partial charge in [-0.2, -0.15) is 0 Å². The number of aromatic nitrogens is 2. The molecule has 1 saturated heterocycles. The van der Waals surface area contributed by atoms with Crippen LogP contribution < -0.4 is 19.1 Å². The lowest BCUT2D eigenvalue weighted by atomic mass is 9.72. The summed E-state index contributed by atoms with van der Waals surface area (Å²) in [5.74, 6) is -0.570. The topological polar surface area (TPSA) is 160 Å². The number of H-pyrrole nitrogens is 1. The number of nitro groups is 1. The molecule has 3 aliphatic rings. The third-order valence-electron chi connectivity index (χ3n) is 12.4. The number of nitrogens with zero attached hydrogens (tertiary/aromatic N) is 4. The number of sulfonamides is 1. The molecule has 0 spiro atoms. The Hall–Kier alpha value is -6.22. The largest absolute Gasteiger partial charge is 0.492 e. The molecule has 9 rings (SSSR count). The SMILES string of the molecule is CC1(C)CCC(CN2CCN(c3ccc(C(=O)NS(=O)(=O)c4cc5c(c([N+](=O)[O-])c4)C[C@H](c4ccccc4)CO5)c(Oc4cnc5[nH]ccc5c4)c3)CC2)=C(c2ccc(Cl)cc2)C1. The van der Waals surface area contributed by atoms with Crippen molar-refractivity contribution in [3.8, 4) is 17.2 Å². The Bertz CT molecular complexity index is 2860. The second-order valence-corrected chi connectivity index (χ2v) is 19.4. The van der Waals surface area contributed by atoms with Gasteiger partial charge in [-0.05, 0) is 84.2 Å². The molecule has 2 aromatic heterocycles. The van der Waals surface area contributed by atoms with Crippen LogP contribution in [-0.4, -0.2) is 73.4 Å². The van der Waals surface area contributed by atoms with Crippen LogP contribution in [0.5, 0.6) is 17.2 Å². The molecule has 6 aromatic rings. The van der Waals surface area contributed by atoms with E-state index in [1.807, 2.05) is 48.5 Å². The zero-order chi connectivity index (χ0) is 43.9. The molecule has 4 aromatic carbocycles. The second-order valence-electron chi connectivity index (χ2n) is 17.3. The van der Waals surface area contributed by atoms with Gasteiger partial charge in [0.15, 0.2) is 0 Å². The molecule has 0 saturated carbocycles. The number of aromatic amines is 1. The molecule has 4 heterocycles. The van der Waals surface area contributed by atoms with Crippen molar-refractivity contribution in [2.24, 2.45) is 5.41 Å². The van der Waals surface area contributed by atoms with Crippen molar-refractivity contribution in [1.29, 1.82) is 0 Å². The molecule has 1 amide bonds. The summed E-state index contributed by atoms with van der Waals surface area (Å²) < 4.78 is 42.2. The Morgan fingerprint density at radius 3 is 2.56 bits per heavy atom. The Kier molecular flexibility index (Phi) is 11.5. The lowest BCUT2D eigenvalue weighted by Gasteiger charge is -2.39. The van der Waals surface area contributed by atoms with Gasteiger partial charge < -0.3 is 19.4 Å². The molecule has 0 unspecified atom stereocenters. The van der Waals surface area contributed by atoms with Gasteiger partial charge in [0.1, 0.15) is 22.9 Å². The lowest BCUT2D eigenvalue weighted by Crippen LogP contribution is -2.47. The number of halogens is 1. The molecule has 0 radical (unpaired) electrons. The molecular formula is C48H47ClN6O7S. The third-order valence-corrected chi connectivity index (χ3v) is 14.0. The number of rotatable bonds is 11. The van der Waals surface area contributed by atoms with Crippen molar-refractivity contribution in [2.45, 2.75) is 50.3 Å². The molecule has 324 valence electrons. The van der Waals surface area contributed by atoms with E-state index >= 15 is 0 Å². The first-order chi connectivity index (χ1) is 30.3. The van der Waals surface area contributed by atoms with E-state index in [4.69, 9.17) is 21.1 Å². The van der Waals surface area contributed by atoms with Crippen LogP contribution in [0.3, 0.4) is 0 Å². The number of carbonyl (C=O) groups excluding carboxylic acids is 1. The van der Waals surface area contributed by atoms with E-state index in [0.29, 0.717) is 17.0 Å². The molecular weight excluding hydrogens is 840 g/mol. The number of carbonyl (C=O) groups is 1. The van der Waals surface area contributed by atoms with Crippen molar-refractivity contribution in [1.82, 2.24) is 19.6 Å². The van der Waals surface area contributed by atoms with Gasteiger partial charge >= 0.3 is 0 Å². The molecule has 2 N–H and O–H groups in total. The van der Waals surface area contributed by atoms with Crippen molar-refractivity contribution in [3.63, 3.8) is 0 Å². The number of nitro benzene ring substituents is 1. The summed E-state index contributed by atoms with van der Waals surface area (Å²) in [5, 5.41) is 13.8. The Morgan fingerprint density at radius 2 is 1.79 bits per heavy atom. The van der Waals surface area contributed by atoms with Crippen LogP contribution in [0.25, 0.3) is 16.6 Å². The Balaban J connectivity index is 0.955. The Labute approximate surface area is 370 Å². The van der Waals surface area contributed by atoms with Crippen LogP contribution in [0.2, 0.25) is 5.02 Å². The highest BCUT2D eigenvalue weighted by molar-refractivity contribution is 7.90. The number of nitrogens with one attached hydrogen (secondary N) is 2. The number of benzene rings is 4. The van der Waals surface area contributed by atoms with Gasteiger partial charge in [0, 0.05) is 79.1 Å². The second kappa shape index (κ2) is 17.2. The van der Waals surface area contributed by atoms with Crippen LogP contribution >= 0.6 is 11.6 Å². The standard InChI is InChI=1S/C48H47ClN6O7S/c1-48(2)16-14-34(42(27-48)32-8-10-36(49)11-9-32)29-53-18-20-54(21-19-53)37-12-13-40(45(24-37)62-38-22-33-15-17-50-46(33)51-28-38)47(56)52-63(59,60)39-25-43(55(57)58)41-23-35(30-61-44(41)26-39)31-6-4-3-5-7-31/h3-13,15,17,22,24-26,28,35H,14,16,18-21,23,27,29-30H2,1-2H3,(H,50,51)(H,52,56)/t35-/m0/s1. The fraction of sp³-hybridized carbons (Fsp3) is 0.292. The predicted octanol–water partition coefficient (Wildman–Crippen LogP) is 9.54. The smallest absolute Gasteiger partial charge is 0.277 e. The summed E-state index contributed by atoms with van der Waals surface area (Å²) >= 11 is 6.25. The highest BCUT2D eigenvalue weighted by atomic mass is 35.5. The van der Waals surface area contributed by atoms with Gasteiger partial charge in [0.05, 0.1) is 33.7 Å². The van der Waals surface area contributed by atoms with E-state index in [0.717, 1.165) is 79.7 Å². The highest BCUT2D eigenvalue weighted by Crippen LogP contribution is 2.44. The first kappa shape index (κ1) is 42.1. The van der Waals surface area contributed by atoms with Crippen LogP contribution in [-0.2, 0) is 16.4 Å². The van der Waals surface area contributed by atoms with E-state index < -0.39 is 31.4 Å². The molecule has 0 bridgehead atoms. The summed E-state index contributed by atoms with van der Waals surface area (Å²) in [4.78, 5) is 37.5. The number of piperazine rings is 1. The van der Waals surface area contributed by atoms with Gasteiger partial charge in [0.25, 0.3) is 21.6 Å². The average molecular weight is 887 g/mol. The number of ether oxygens (including phenoxy) is 2. The fourth-order valence-corrected chi connectivity index (χ4v) is 10.0. The maximum atomic E-state index is 14.0. The molecule has 13 nitrogen and oxygen atoms in total. The minimum atomic E-state index is -4.63. The monoisotopic (exact) mass is 886 g/mol. The van der Waals surface area contributed by atoms with Gasteiger partial charge in [-0.25, -0.2) is 18.1 Å². The predicted molar refractivity (Wildman–Crippen MR) is 243 cm³/mol. The zero-order valence-corrected chi connectivity index (χ0v) is 36.5. The van der Waals surface area contributed by atoms with E-state index in [-0.39, 0.29) is 41.4 Å². The first-order valence-electron chi connectivity index (χ1n) is 21.0. The summed E-state index contributed by atoms with van der Waals surface area (Å²) in [5.41, 5.74) is 6.58. The molecule has 2 aliphatic heterocycles. The summed E-state index contributed by atoms with van der Waals surface area (Å²) in [7, 11) is -4.63. The summed E-state index contributed by atoms with van der Waals surface area (Å²) in [6.45, 7) is 8.82. The summed E-state index contributed by atoms with van der Waals surface area (Å²) in [6.07, 6.45) is 6.76. The van der Waals surface area contributed by atoms with Crippen molar-refractivity contribution in [3.05, 3.63) is 152 Å². The van der Waals surface area contributed by atoms with Gasteiger partial charge in [-0.3, -0.25) is 19.8 Å². The number of anilines is 1. The number of pyridine rings is 1. The highest BCUT2D eigenvalue weighted by Gasteiger charge is 2.34. The van der Waals surface area contributed by atoms with Gasteiger partial charge in [-0.1, -0.05) is 73.5 Å². The maximum absolute atomic E-state index is 14.0. The fourth-order valence-electron chi connectivity index (χ4n) is 8.91. The number of allylic oxidation sites excluding steroid dienone is 1. The number of hydrogen-bond acceptors (Lipinski definition) is 10. The quantitative estimate of drug-likeness (QED) is 0.0948. The minimum absolute atomic E-state index is 0.0496. The van der Waals surface area contributed by atoms with Crippen molar-refractivity contribution < 1.29 is 27.6 Å². The van der Waals surface area contributed by atoms with Crippen molar-refractivity contribution >= 4 is 55.5 Å². The first-order valence-corrected chi connectivity index (χ1v) is 22.9. The Morgan fingerprint density at radius 1 is 1.02 bits per heavy atom. The minimum Gasteiger partial charge on any atom is -0.492 e. The molecule has 1 atom stereocenters. The van der Waals surface area contributed by atoms with E-state index in [2.05, 4.69) is 50.5 Å². The number of amides is 1. The van der Waals surface area contributed by atoms with Gasteiger partial charge in [0.2, 0.25) is 0 Å². The van der Waals surface area contributed by atoms with E-state index in [1.165, 1.54) is 29.0 Å². The van der Waals surface area contributed by atoms with Crippen LogP contribution in [0.15, 0.2) is 120 Å². The summed E-state index contributed by atoms with van der Waals surface area (Å²) in [6, 6.07) is 28.6. The lowest BCUT2D eigenvalue weighted by molar-refractivity contribution is -0.386. The molecule has 1 fully saturated rings. The van der Waals surface area contributed by atoms with Gasteiger partial charge in [-0.15, -0.1) is 0 Å². The third kappa shape index (κ3) is 9.15. The van der Waals surface area contributed by atoms with Crippen LogP contribution in [0.4, 0.5) is 11.4 Å². The number of fused-ring (bicyclic) bond motifs is 2.